The maximum absolute atomic E-state index is 12.4. The van der Waals surface area contributed by atoms with Crippen LogP contribution in [0.2, 0.25) is 0 Å². The van der Waals surface area contributed by atoms with Crippen LogP contribution in [0.4, 0.5) is 0 Å². The number of amides is 1. The Morgan fingerprint density at radius 1 is 1.22 bits per heavy atom. The van der Waals surface area contributed by atoms with Crippen molar-refractivity contribution in [2.75, 3.05) is 0 Å². The number of carbonyl (C=O) groups is 2. The summed E-state index contributed by atoms with van der Waals surface area (Å²) < 4.78 is 0.990. The molecule has 0 atom stereocenters. The van der Waals surface area contributed by atoms with Crippen molar-refractivity contribution >= 4 is 33.9 Å². The standard InChI is InChI=1S/C17H19N3O2S/c21-9-10-1-5-13(6-2-10)19-16(22)12-7-14-15(18-8-12)20-17(23-14)11-3-4-11/h7-11,13H,1-6H2,(H,19,22)/t10-,13-. The van der Waals surface area contributed by atoms with Crippen molar-refractivity contribution in [2.45, 2.75) is 50.5 Å². The molecule has 120 valence electrons. The topological polar surface area (TPSA) is 72.0 Å². The molecule has 4 rings (SSSR count). The summed E-state index contributed by atoms with van der Waals surface area (Å²) in [7, 11) is 0. The predicted molar refractivity (Wildman–Crippen MR) is 88.7 cm³/mol. The molecule has 0 aliphatic heterocycles. The summed E-state index contributed by atoms with van der Waals surface area (Å²) in [5, 5.41) is 4.23. The molecule has 0 spiro atoms. The number of rotatable bonds is 4. The first-order valence-corrected chi connectivity index (χ1v) is 9.07. The summed E-state index contributed by atoms with van der Waals surface area (Å²) in [6.07, 6.45) is 8.57. The number of hydrogen-bond acceptors (Lipinski definition) is 5. The molecule has 0 unspecified atom stereocenters. The summed E-state index contributed by atoms with van der Waals surface area (Å²) >= 11 is 1.66. The lowest BCUT2D eigenvalue weighted by Gasteiger charge is -2.26. The van der Waals surface area contributed by atoms with Gasteiger partial charge in [-0.05, 0) is 44.6 Å². The normalized spacial score (nSPS) is 24.5. The van der Waals surface area contributed by atoms with Gasteiger partial charge in [0.05, 0.1) is 15.3 Å². The van der Waals surface area contributed by atoms with Gasteiger partial charge in [-0.25, -0.2) is 9.97 Å². The van der Waals surface area contributed by atoms with Gasteiger partial charge < -0.3 is 10.1 Å². The molecular formula is C17H19N3O2S. The fourth-order valence-corrected chi connectivity index (χ4v) is 4.27. The molecule has 0 radical (unpaired) electrons. The minimum absolute atomic E-state index is 0.0738. The van der Waals surface area contributed by atoms with Crippen LogP contribution in [-0.2, 0) is 4.79 Å². The number of hydrogen-bond donors (Lipinski definition) is 1. The Balaban J connectivity index is 1.45. The fraction of sp³-hybridized carbons (Fsp3) is 0.529. The quantitative estimate of drug-likeness (QED) is 0.875. The van der Waals surface area contributed by atoms with Crippen LogP contribution in [0.25, 0.3) is 10.3 Å². The molecule has 2 aliphatic carbocycles. The van der Waals surface area contributed by atoms with Crippen molar-refractivity contribution in [3.63, 3.8) is 0 Å². The third kappa shape index (κ3) is 3.13. The zero-order chi connectivity index (χ0) is 15.8. The Hall–Kier alpha value is -1.82. The highest BCUT2D eigenvalue weighted by Gasteiger charge is 2.27. The van der Waals surface area contributed by atoms with Gasteiger partial charge in [0.15, 0.2) is 5.65 Å². The van der Waals surface area contributed by atoms with Crippen molar-refractivity contribution in [3.05, 3.63) is 22.8 Å². The van der Waals surface area contributed by atoms with E-state index in [0.717, 1.165) is 47.3 Å². The molecule has 2 aromatic heterocycles. The van der Waals surface area contributed by atoms with Gasteiger partial charge in [0.25, 0.3) is 5.91 Å². The number of aromatic nitrogens is 2. The van der Waals surface area contributed by atoms with E-state index in [4.69, 9.17) is 0 Å². The molecule has 6 heteroatoms. The SMILES string of the molecule is O=C[C@H]1CC[C@H](NC(=O)c2cnc3nc(C4CC4)sc3c2)CC1. The monoisotopic (exact) mass is 329 g/mol. The number of nitrogens with one attached hydrogen (secondary N) is 1. The van der Waals surface area contributed by atoms with Gasteiger partial charge in [-0.2, -0.15) is 0 Å². The van der Waals surface area contributed by atoms with Crippen molar-refractivity contribution in [3.8, 4) is 0 Å². The highest BCUT2D eigenvalue weighted by atomic mass is 32.1. The zero-order valence-electron chi connectivity index (χ0n) is 12.8. The van der Waals surface area contributed by atoms with E-state index in [0.29, 0.717) is 11.5 Å². The number of aldehydes is 1. The second kappa shape index (κ2) is 6.00. The first-order chi connectivity index (χ1) is 11.2. The maximum atomic E-state index is 12.4. The van der Waals surface area contributed by atoms with Gasteiger partial charge in [-0.1, -0.05) is 0 Å². The molecule has 2 heterocycles. The van der Waals surface area contributed by atoms with E-state index in [1.54, 1.807) is 17.5 Å². The van der Waals surface area contributed by atoms with Crippen molar-refractivity contribution < 1.29 is 9.59 Å². The molecule has 1 amide bonds. The van der Waals surface area contributed by atoms with E-state index in [1.165, 1.54) is 12.8 Å². The predicted octanol–water partition coefficient (Wildman–Crippen LogP) is 3.06. The molecule has 0 saturated heterocycles. The average molecular weight is 329 g/mol. The van der Waals surface area contributed by atoms with Crippen LogP contribution < -0.4 is 5.32 Å². The number of pyridine rings is 1. The van der Waals surface area contributed by atoms with Crippen molar-refractivity contribution in [1.82, 2.24) is 15.3 Å². The minimum atomic E-state index is -0.0738. The number of thiazole rings is 1. The Labute approximate surface area is 138 Å². The molecular weight excluding hydrogens is 310 g/mol. The smallest absolute Gasteiger partial charge is 0.253 e. The van der Waals surface area contributed by atoms with Crippen LogP contribution >= 0.6 is 11.3 Å². The van der Waals surface area contributed by atoms with Crippen LogP contribution in [0, 0.1) is 5.92 Å². The Morgan fingerprint density at radius 3 is 2.70 bits per heavy atom. The van der Waals surface area contributed by atoms with Gasteiger partial charge in [-0.15, -0.1) is 11.3 Å². The molecule has 0 bridgehead atoms. The molecule has 0 aromatic carbocycles. The zero-order valence-corrected chi connectivity index (χ0v) is 13.6. The third-order valence-corrected chi connectivity index (χ3v) is 5.91. The largest absolute Gasteiger partial charge is 0.349 e. The van der Waals surface area contributed by atoms with E-state index in [2.05, 4.69) is 15.3 Å². The van der Waals surface area contributed by atoms with Gasteiger partial charge in [0, 0.05) is 24.1 Å². The van der Waals surface area contributed by atoms with Crippen LogP contribution in [0.1, 0.15) is 59.8 Å². The lowest BCUT2D eigenvalue weighted by Crippen LogP contribution is -2.37. The summed E-state index contributed by atoms with van der Waals surface area (Å²) in [5.41, 5.74) is 1.35. The van der Waals surface area contributed by atoms with Gasteiger partial charge in [-0.3, -0.25) is 4.79 Å². The highest BCUT2D eigenvalue weighted by molar-refractivity contribution is 7.18. The molecule has 2 fully saturated rings. The Morgan fingerprint density at radius 2 is 2.00 bits per heavy atom. The second-order valence-corrected chi connectivity index (χ2v) is 7.66. The van der Waals surface area contributed by atoms with Crippen molar-refractivity contribution in [1.29, 1.82) is 0 Å². The first kappa shape index (κ1) is 14.8. The number of nitrogens with zero attached hydrogens (tertiary/aromatic N) is 2. The lowest BCUT2D eigenvalue weighted by molar-refractivity contribution is -0.111. The average Bonchev–Trinajstić information content (AvgIpc) is 3.34. The first-order valence-electron chi connectivity index (χ1n) is 8.25. The highest BCUT2D eigenvalue weighted by Crippen LogP contribution is 2.43. The van der Waals surface area contributed by atoms with E-state index in [1.807, 2.05) is 6.07 Å². The van der Waals surface area contributed by atoms with E-state index < -0.39 is 0 Å². The molecule has 5 nitrogen and oxygen atoms in total. The Bertz CT molecular complexity index is 745. The lowest BCUT2D eigenvalue weighted by atomic mass is 9.87. The van der Waals surface area contributed by atoms with Crippen LogP contribution in [0.5, 0.6) is 0 Å². The van der Waals surface area contributed by atoms with E-state index >= 15 is 0 Å². The fourth-order valence-electron chi connectivity index (χ4n) is 3.13. The van der Waals surface area contributed by atoms with Crippen LogP contribution in [-0.4, -0.2) is 28.2 Å². The summed E-state index contributed by atoms with van der Waals surface area (Å²) in [6, 6.07) is 2.07. The van der Waals surface area contributed by atoms with Gasteiger partial charge in [0.1, 0.15) is 6.29 Å². The molecule has 2 saturated carbocycles. The third-order valence-electron chi connectivity index (χ3n) is 4.75. The Kier molecular flexibility index (Phi) is 3.85. The van der Waals surface area contributed by atoms with Crippen LogP contribution in [0.15, 0.2) is 12.3 Å². The number of carbonyl (C=O) groups excluding carboxylic acids is 2. The molecule has 23 heavy (non-hydrogen) atoms. The van der Waals surface area contributed by atoms with Gasteiger partial charge in [0.2, 0.25) is 0 Å². The minimum Gasteiger partial charge on any atom is -0.349 e. The van der Waals surface area contributed by atoms with Crippen LogP contribution in [0.3, 0.4) is 0 Å². The van der Waals surface area contributed by atoms with E-state index in [9.17, 15) is 9.59 Å². The molecule has 2 aromatic rings. The maximum Gasteiger partial charge on any atom is 0.253 e. The number of fused-ring (bicyclic) bond motifs is 1. The summed E-state index contributed by atoms with van der Waals surface area (Å²) in [4.78, 5) is 32.1. The molecule has 2 aliphatic rings. The molecule has 1 N–H and O–H groups in total. The summed E-state index contributed by atoms with van der Waals surface area (Å²) in [5.74, 6) is 0.703. The second-order valence-electron chi connectivity index (χ2n) is 6.59. The summed E-state index contributed by atoms with van der Waals surface area (Å²) in [6.45, 7) is 0. The van der Waals surface area contributed by atoms with Gasteiger partial charge >= 0.3 is 0 Å². The van der Waals surface area contributed by atoms with Crippen molar-refractivity contribution in [2.24, 2.45) is 5.92 Å². The van der Waals surface area contributed by atoms with E-state index in [-0.39, 0.29) is 17.9 Å².